The van der Waals surface area contributed by atoms with Crippen LogP contribution in [0.3, 0.4) is 0 Å². The Bertz CT molecular complexity index is 1280. The van der Waals surface area contributed by atoms with Crippen molar-refractivity contribution < 1.29 is 9.53 Å². The van der Waals surface area contributed by atoms with Gasteiger partial charge in [0.05, 0.1) is 12.3 Å². The van der Waals surface area contributed by atoms with E-state index < -0.39 is 0 Å². The first-order valence-electron chi connectivity index (χ1n) is 13.2. The first-order valence-corrected chi connectivity index (χ1v) is 13.2. The quantitative estimate of drug-likeness (QED) is 0.196. The third-order valence-corrected chi connectivity index (χ3v) is 7.20. The van der Waals surface area contributed by atoms with Crippen LogP contribution in [-0.2, 0) is 17.8 Å². The number of Topliss-reactive ketones (excluding diaryl/α,β-unsaturated/α-hetero) is 1. The minimum absolute atomic E-state index is 0. The standard InChI is InChI=1S/C33H34N2O2.CH4/c1-25(36)32-16-6-5-11-27(32)14-9-10-26-22-35(23-26)31-19-17-29(18-20-31)33(28-12-3-2-4-13-28)37-24-30-15-7-8-21-34-30;/h2-8,11-13,15-21,26,33H,9-10,14,22-24H2,1H3;1H4. The van der Waals surface area contributed by atoms with Gasteiger partial charge in [0.15, 0.2) is 5.78 Å². The molecule has 1 atom stereocenters. The van der Waals surface area contributed by atoms with Crippen molar-refractivity contribution in [3.8, 4) is 0 Å². The Kier molecular flexibility index (Phi) is 9.45. The number of anilines is 1. The van der Waals surface area contributed by atoms with Gasteiger partial charge in [-0.05, 0) is 73.1 Å². The van der Waals surface area contributed by atoms with Crippen molar-refractivity contribution in [3.63, 3.8) is 0 Å². The minimum Gasteiger partial charge on any atom is -0.371 e. The van der Waals surface area contributed by atoms with Gasteiger partial charge in [-0.3, -0.25) is 9.78 Å². The van der Waals surface area contributed by atoms with E-state index in [4.69, 9.17) is 4.74 Å². The summed E-state index contributed by atoms with van der Waals surface area (Å²) in [5.41, 5.74) is 6.53. The Morgan fingerprint density at radius 2 is 1.58 bits per heavy atom. The molecule has 38 heavy (non-hydrogen) atoms. The molecule has 1 aliphatic heterocycles. The summed E-state index contributed by atoms with van der Waals surface area (Å²) < 4.78 is 6.36. The van der Waals surface area contributed by atoms with Crippen LogP contribution in [0.1, 0.15) is 66.0 Å². The summed E-state index contributed by atoms with van der Waals surface area (Å²) in [6.07, 6.45) is 4.95. The molecule has 0 aliphatic carbocycles. The van der Waals surface area contributed by atoms with Crippen molar-refractivity contribution in [2.75, 3.05) is 18.0 Å². The zero-order chi connectivity index (χ0) is 25.5. The number of ether oxygens (including phenoxy) is 1. The Hall–Kier alpha value is -3.76. The summed E-state index contributed by atoms with van der Waals surface area (Å²) in [6.45, 7) is 4.30. The minimum atomic E-state index is -0.140. The van der Waals surface area contributed by atoms with E-state index in [0.717, 1.165) is 48.3 Å². The normalized spacial score (nSPS) is 13.9. The van der Waals surface area contributed by atoms with Crippen molar-refractivity contribution in [2.24, 2.45) is 5.92 Å². The predicted octanol–water partition coefficient (Wildman–Crippen LogP) is 7.69. The van der Waals surface area contributed by atoms with Gasteiger partial charge in [-0.25, -0.2) is 0 Å². The average molecular weight is 507 g/mol. The van der Waals surface area contributed by atoms with Gasteiger partial charge in [0.25, 0.3) is 0 Å². The second-order valence-electron chi connectivity index (χ2n) is 9.89. The summed E-state index contributed by atoms with van der Waals surface area (Å²) in [5, 5.41) is 0. The van der Waals surface area contributed by atoms with Gasteiger partial charge in [0, 0.05) is 30.5 Å². The fraction of sp³-hybridized carbons (Fsp3) is 0.294. The fourth-order valence-electron chi connectivity index (χ4n) is 5.15. The second kappa shape index (κ2) is 13.2. The van der Waals surface area contributed by atoms with Crippen LogP contribution in [-0.4, -0.2) is 23.9 Å². The Morgan fingerprint density at radius 3 is 2.29 bits per heavy atom. The van der Waals surface area contributed by atoms with Crippen LogP contribution < -0.4 is 4.90 Å². The number of carbonyl (C=O) groups excluding carboxylic acids is 1. The van der Waals surface area contributed by atoms with Crippen molar-refractivity contribution >= 4 is 11.5 Å². The lowest BCUT2D eigenvalue weighted by Gasteiger charge is -2.41. The molecule has 1 aliphatic rings. The van der Waals surface area contributed by atoms with Gasteiger partial charge >= 0.3 is 0 Å². The number of rotatable bonds is 11. The van der Waals surface area contributed by atoms with Crippen molar-refractivity contribution in [1.29, 1.82) is 0 Å². The Labute approximate surface area is 227 Å². The molecule has 1 unspecified atom stereocenters. The molecular formula is C34H38N2O2. The van der Waals surface area contributed by atoms with Crippen LogP contribution >= 0.6 is 0 Å². The van der Waals surface area contributed by atoms with Crippen LogP contribution in [0, 0.1) is 5.92 Å². The van der Waals surface area contributed by atoms with Gasteiger partial charge in [-0.2, -0.15) is 0 Å². The number of carbonyl (C=O) groups is 1. The summed E-state index contributed by atoms with van der Waals surface area (Å²) in [6, 6.07) is 33.1. The number of ketones is 1. The molecule has 4 heteroatoms. The lowest BCUT2D eigenvalue weighted by Crippen LogP contribution is -2.46. The lowest BCUT2D eigenvalue weighted by atomic mass is 9.91. The molecule has 4 aromatic rings. The predicted molar refractivity (Wildman–Crippen MR) is 156 cm³/mol. The van der Waals surface area contributed by atoms with E-state index in [1.165, 1.54) is 17.7 Å². The van der Waals surface area contributed by atoms with Crippen LogP contribution in [0.5, 0.6) is 0 Å². The molecule has 3 aromatic carbocycles. The van der Waals surface area contributed by atoms with Crippen molar-refractivity contribution in [1.82, 2.24) is 4.98 Å². The maximum absolute atomic E-state index is 11.9. The molecule has 0 N–H and O–H groups in total. The highest BCUT2D eigenvalue weighted by atomic mass is 16.5. The molecule has 196 valence electrons. The second-order valence-corrected chi connectivity index (χ2v) is 9.89. The number of hydrogen-bond acceptors (Lipinski definition) is 4. The van der Waals surface area contributed by atoms with Crippen LogP contribution in [0.4, 0.5) is 5.69 Å². The molecular weight excluding hydrogens is 468 g/mol. The first kappa shape index (κ1) is 27.3. The molecule has 0 spiro atoms. The third-order valence-electron chi connectivity index (χ3n) is 7.20. The molecule has 5 rings (SSSR count). The van der Waals surface area contributed by atoms with E-state index in [9.17, 15) is 4.79 Å². The van der Waals surface area contributed by atoms with E-state index in [1.54, 1.807) is 13.1 Å². The largest absolute Gasteiger partial charge is 0.371 e. The maximum Gasteiger partial charge on any atom is 0.160 e. The molecule has 0 bridgehead atoms. The van der Waals surface area contributed by atoms with Gasteiger partial charge in [-0.15, -0.1) is 0 Å². The van der Waals surface area contributed by atoms with Gasteiger partial charge in [0.2, 0.25) is 0 Å². The number of aryl methyl sites for hydroxylation is 1. The summed E-state index contributed by atoms with van der Waals surface area (Å²) in [7, 11) is 0. The zero-order valence-electron chi connectivity index (χ0n) is 21.4. The number of hydrogen-bond donors (Lipinski definition) is 0. The number of nitrogens with zero attached hydrogens (tertiary/aromatic N) is 2. The molecule has 1 fully saturated rings. The van der Waals surface area contributed by atoms with E-state index >= 15 is 0 Å². The molecule has 2 heterocycles. The topological polar surface area (TPSA) is 42.4 Å². The molecule has 0 amide bonds. The number of benzene rings is 3. The number of aromatic nitrogens is 1. The highest BCUT2D eigenvalue weighted by Crippen LogP contribution is 2.32. The SMILES string of the molecule is C.CC(=O)c1ccccc1CCCC1CN(c2ccc(C(OCc3ccccn3)c3ccccc3)cc2)C1. The molecule has 1 aromatic heterocycles. The van der Waals surface area contributed by atoms with Crippen molar-refractivity contribution in [3.05, 3.63) is 131 Å². The van der Waals surface area contributed by atoms with Crippen LogP contribution in [0.25, 0.3) is 0 Å². The first-order chi connectivity index (χ1) is 18.2. The third kappa shape index (κ3) is 6.76. The van der Waals surface area contributed by atoms with Gasteiger partial charge < -0.3 is 9.64 Å². The highest BCUT2D eigenvalue weighted by molar-refractivity contribution is 5.95. The fourth-order valence-corrected chi connectivity index (χ4v) is 5.15. The zero-order valence-corrected chi connectivity index (χ0v) is 21.4. The monoisotopic (exact) mass is 506 g/mol. The highest BCUT2D eigenvalue weighted by Gasteiger charge is 2.26. The molecule has 0 radical (unpaired) electrons. The van der Waals surface area contributed by atoms with Crippen molar-refractivity contribution in [2.45, 2.75) is 46.3 Å². The van der Waals surface area contributed by atoms with Gasteiger partial charge in [-0.1, -0.05) is 80.2 Å². The van der Waals surface area contributed by atoms with Gasteiger partial charge in [0.1, 0.15) is 6.10 Å². The number of pyridine rings is 1. The smallest absolute Gasteiger partial charge is 0.160 e. The average Bonchev–Trinajstić information content (AvgIpc) is 2.92. The molecule has 0 saturated carbocycles. The van der Waals surface area contributed by atoms with E-state index in [-0.39, 0.29) is 19.3 Å². The van der Waals surface area contributed by atoms with Crippen LogP contribution in [0.15, 0.2) is 103 Å². The van der Waals surface area contributed by atoms with Crippen LogP contribution in [0.2, 0.25) is 0 Å². The Morgan fingerprint density at radius 1 is 0.895 bits per heavy atom. The Balaban J connectivity index is 0.00000336. The van der Waals surface area contributed by atoms with E-state index in [2.05, 4.69) is 64.5 Å². The molecule has 1 saturated heterocycles. The van der Waals surface area contributed by atoms with E-state index in [1.807, 2.05) is 42.5 Å². The maximum atomic E-state index is 11.9. The lowest BCUT2D eigenvalue weighted by molar-refractivity contribution is 0.0646. The summed E-state index contributed by atoms with van der Waals surface area (Å²) >= 11 is 0. The summed E-state index contributed by atoms with van der Waals surface area (Å²) in [4.78, 5) is 18.7. The summed E-state index contributed by atoms with van der Waals surface area (Å²) in [5.74, 6) is 0.869. The van der Waals surface area contributed by atoms with E-state index in [0.29, 0.717) is 12.5 Å². The molecule has 4 nitrogen and oxygen atoms in total.